The van der Waals surface area contributed by atoms with Crippen LogP contribution in [0.2, 0.25) is 0 Å². The topological polar surface area (TPSA) is 60.3 Å². The highest BCUT2D eigenvalue weighted by Crippen LogP contribution is 2.10. The van der Waals surface area contributed by atoms with Crippen LogP contribution in [0, 0.1) is 6.92 Å². The van der Waals surface area contributed by atoms with Gasteiger partial charge in [-0.05, 0) is 30.5 Å². The first-order valence-electron chi connectivity index (χ1n) is 6.85. The third kappa shape index (κ3) is 4.33. The van der Waals surface area contributed by atoms with Gasteiger partial charge in [0.25, 0.3) is 5.56 Å². The van der Waals surface area contributed by atoms with Gasteiger partial charge in [-0.25, -0.2) is 0 Å². The zero-order valence-corrected chi connectivity index (χ0v) is 13.4. The van der Waals surface area contributed by atoms with Crippen molar-refractivity contribution in [2.75, 3.05) is 13.7 Å². The number of nitrogens with zero attached hydrogens (tertiary/aromatic N) is 1. The Bertz CT molecular complexity index is 717. The molecule has 22 heavy (non-hydrogen) atoms. The fourth-order valence-electron chi connectivity index (χ4n) is 2.00. The largest absolute Gasteiger partial charge is 0.496 e. The molecule has 0 atom stereocenters. The predicted molar refractivity (Wildman–Crippen MR) is 88.4 cm³/mol. The zero-order chi connectivity index (χ0) is 15.9. The van der Waals surface area contributed by atoms with E-state index in [4.69, 9.17) is 4.74 Å². The Morgan fingerprint density at radius 1 is 1.45 bits per heavy atom. The van der Waals surface area contributed by atoms with Crippen LogP contribution in [0.5, 0.6) is 5.75 Å². The number of hydrogen-bond acceptors (Lipinski definition) is 4. The third-order valence-electron chi connectivity index (χ3n) is 3.12. The van der Waals surface area contributed by atoms with Crippen molar-refractivity contribution in [3.63, 3.8) is 0 Å². The number of carbonyl (C=O) groups excluding carboxylic acids is 1. The molecular weight excluding hydrogens is 300 g/mol. The van der Waals surface area contributed by atoms with Gasteiger partial charge in [-0.3, -0.25) is 9.59 Å². The van der Waals surface area contributed by atoms with Gasteiger partial charge in [0.15, 0.2) is 0 Å². The normalized spacial score (nSPS) is 10.8. The summed E-state index contributed by atoms with van der Waals surface area (Å²) in [6.45, 7) is 2.65. The van der Waals surface area contributed by atoms with Gasteiger partial charge >= 0.3 is 0 Å². The van der Waals surface area contributed by atoms with Crippen LogP contribution in [0.15, 0.2) is 40.5 Å². The van der Waals surface area contributed by atoms with Gasteiger partial charge in [0, 0.05) is 35.8 Å². The van der Waals surface area contributed by atoms with Crippen molar-refractivity contribution in [3.8, 4) is 5.75 Å². The van der Waals surface area contributed by atoms with Gasteiger partial charge < -0.3 is 14.6 Å². The van der Waals surface area contributed by atoms with Gasteiger partial charge in [0.05, 0.1) is 7.11 Å². The summed E-state index contributed by atoms with van der Waals surface area (Å²) in [6, 6.07) is 7.10. The van der Waals surface area contributed by atoms with E-state index in [1.165, 1.54) is 19.3 Å². The summed E-state index contributed by atoms with van der Waals surface area (Å²) in [5, 5.41) is 4.72. The zero-order valence-electron chi connectivity index (χ0n) is 12.5. The first-order valence-corrected chi connectivity index (χ1v) is 7.73. The summed E-state index contributed by atoms with van der Waals surface area (Å²) in [4.78, 5) is 24.7. The number of aryl methyl sites for hydroxylation is 1. The molecule has 0 aromatic carbocycles. The van der Waals surface area contributed by atoms with E-state index in [2.05, 4.69) is 5.32 Å². The van der Waals surface area contributed by atoms with E-state index in [9.17, 15) is 9.59 Å². The molecule has 0 unspecified atom stereocenters. The van der Waals surface area contributed by atoms with E-state index >= 15 is 0 Å². The molecular formula is C16H18N2O3S. The van der Waals surface area contributed by atoms with E-state index in [-0.39, 0.29) is 11.5 Å². The molecule has 0 fully saturated rings. The number of hydrogen-bond donors (Lipinski definition) is 1. The second-order valence-electron chi connectivity index (χ2n) is 4.67. The summed E-state index contributed by atoms with van der Waals surface area (Å²) in [7, 11) is 1.53. The molecule has 2 heterocycles. The Hall–Kier alpha value is -2.34. The number of amides is 1. The number of pyridine rings is 1. The van der Waals surface area contributed by atoms with Crippen LogP contribution in [-0.4, -0.2) is 24.1 Å². The first kappa shape index (κ1) is 16.0. The maximum absolute atomic E-state index is 11.9. The van der Waals surface area contributed by atoms with Crippen LogP contribution in [0.4, 0.5) is 0 Å². The highest BCUT2D eigenvalue weighted by Gasteiger charge is 2.04. The van der Waals surface area contributed by atoms with Crippen LogP contribution in [0.25, 0.3) is 6.08 Å². The standard InChI is InChI=1S/C16H18N2O3S/c1-12-10-13(21-2)11-16(20)18(12)8-7-17-15(19)6-5-14-4-3-9-22-14/h3-6,9-11H,7-8H2,1-2H3,(H,17,19). The van der Waals surface area contributed by atoms with Crippen molar-refractivity contribution >= 4 is 23.3 Å². The molecule has 0 saturated heterocycles. The van der Waals surface area contributed by atoms with Crippen LogP contribution < -0.4 is 15.6 Å². The van der Waals surface area contributed by atoms with Crippen molar-refractivity contribution in [2.24, 2.45) is 0 Å². The molecule has 2 aromatic rings. The molecule has 1 N–H and O–H groups in total. The fraction of sp³-hybridized carbons (Fsp3) is 0.250. The van der Waals surface area contributed by atoms with Gasteiger partial charge in [0.1, 0.15) is 5.75 Å². The maximum Gasteiger partial charge on any atom is 0.254 e. The van der Waals surface area contributed by atoms with Crippen LogP contribution in [0.1, 0.15) is 10.6 Å². The van der Waals surface area contributed by atoms with E-state index in [1.54, 1.807) is 28.0 Å². The monoisotopic (exact) mass is 318 g/mol. The van der Waals surface area contributed by atoms with Crippen molar-refractivity contribution in [1.29, 1.82) is 0 Å². The number of ether oxygens (including phenoxy) is 1. The van der Waals surface area contributed by atoms with E-state index in [0.717, 1.165) is 10.6 Å². The highest BCUT2D eigenvalue weighted by molar-refractivity contribution is 7.10. The minimum absolute atomic E-state index is 0.139. The average Bonchev–Trinajstić information content (AvgIpc) is 3.01. The number of aromatic nitrogens is 1. The molecule has 0 spiro atoms. The Balaban J connectivity index is 1.89. The van der Waals surface area contributed by atoms with Crippen molar-refractivity contribution in [1.82, 2.24) is 9.88 Å². The van der Waals surface area contributed by atoms with Crippen LogP contribution in [-0.2, 0) is 11.3 Å². The summed E-state index contributed by atoms with van der Waals surface area (Å²) in [6.07, 6.45) is 3.26. The number of methoxy groups -OCH3 is 1. The molecule has 0 saturated carbocycles. The minimum atomic E-state index is -0.174. The van der Waals surface area contributed by atoms with Crippen molar-refractivity contribution in [2.45, 2.75) is 13.5 Å². The second-order valence-corrected chi connectivity index (χ2v) is 5.65. The van der Waals surface area contributed by atoms with Crippen LogP contribution in [0.3, 0.4) is 0 Å². The average molecular weight is 318 g/mol. The first-order chi connectivity index (χ1) is 10.6. The number of nitrogens with one attached hydrogen (secondary N) is 1. The molecule has 2 rings (SSSR count). The third-order valence-corrected chi connectivity index (χ3v) is 3.96. The molecule has 5 nitrogen and oxygen atoms in total. The van der Waals surface area contributed by atoms with Gasteiger partial charge in [-0.1, -0.05) is 6.07 Å². The second kappa shape index (κ2) is 7.61. The molecule has 2 aromatic heterocycles. The SMILES string of the molecule is COc1cc(C)n(CCNC(=O)C=Cc2cccs2)c(=O)c1. The lowest BCUT2D eigenvalue weighted by Gasteiger charge is -2.11. The Kier molecular flexibility index (Phi) is 5.55. The maximum atomic E-state index is 11.9. The van der Waals surface area contributed by atoms with Crippen molar-refractivity contribution < 1.29 is 9.53 Å². The Morgan fingerprint density at radius 3 is 2.91 bits per heavy atom. The quantitative estimate of drug-likeness (QED) is 0.829. The molecule has 0 aliphatic rings. The molecule has 116 valence electrons. The molecule has 6 heteroatoms. The lowest BCUT2D eigenvalue weighted by Crippen LogP contribution is -2.30. The van der Waals surface area contributed by atoms with Crippen molar-refractivity contribution in [3.05, 3.63) is 56.6 Å². The van der Waals surface area contributed by atoms with Gasteiger partial charge in [-0.2, -0.15) is 0 Å². The molecule has 1 amide bonds. The summed E-state index contributed by atoms with van der Waals surface area (Å²) in [5.74, 6) is 0.370. The summed E-state index contributed by atoms with van der Waals surface area (Å²) in [5.41, 5.74) is 0.660. The summed E-state index contributed by atoms with van der Waals surface area (Å²) < 4.78 is 6.65. The van der Waals surface area contributed by atoms with Gasteiger partial charge in [-0.15, -0.1) is 11.3 Å². The highest BCUT2D eigenvalue weighted by atomic mass is 32.1. The summed E-state index contributed by atoms with van der Waals surface area (Å²) >= 11 is 1.57. The van der Waals surface area contributed by atoms with E-state index in [0.29, 0.717) is 18.8 Å². The number of thiophene rings is 1. The number of rotatable bonds is 6. The smallest absolute Gasteiger partial charge is 0.254 e. The predicted octanol–water partition coefficient (Wildman–Crippen LogP) is 2.06. The molecule has 0 bridgehead atoms. The molecule has 0 aliphatic heterocycles. The van der Waals surface area contributed by atoms with E-state index < -0.39 is 0 Å². The number of carbonyl (C=O) groups is 1. The minimum Gasteiger partial charge on any atom is -0.496 e. The Morgan fingerprint density at radius 2 is 2.27 bits per heavy atom. The molecule has 0 radical (unpaired) electrons. The lowest BCUT2D eigenvalue weighted by molar-refractivity contribution is -0.116. The molecule has 0 aliphatic carbocycles. The fourth-order valence-corrected chi connectivity index (χ4v) is 2.62. The Labute approximate surface area is 132 Å². The van der Waals surface area contributed by atoms with E-state index in [1.807, 2.05) is 24.4 Å². The van der Waals surface area contributed by atoms with Gasteiger partial charge in [0.2, 0.25) is 5.91 Å². The lowest BCUT2D eigenvalue weighted by atomic mass is 10.3. The van der Waals surface area contributed by atoms with Crippen LogP contribution >= 0.6 is 11.3 Å².